The van der Waals surface area contributed by atoms with Crippen LogP contribution in [0.5, 0.6) is 0 Å². The Morgan fingerprint density at radius 2 is 1.73 bits per heavy atom. The normalized spacial score (nSPS) is 15.7. The lowest BCUT2D eigenvalue weighted by molar-refractivity contribution is -0.123. The summed E-state index contributed by atoms with van der Waals surface area (Å²) in [5.41, 5.74) is 1.70. The van der Waals surface area contributed by atoms with Gasteiger partial charge in [-0.1, -0.05) is 51.1 Å². The predicted molar refractivity (Wildman–Crippen MR) is 106 cm³/mol. The van der Waals surface area contributed by atoms with Crippen molar-refractivity contribution < 1.29 is 4.79 Å². The van der Waals surface area contributed by atoms with Gasteiger partial charge in [-0.2, -0.15) is 0 Å². The molecule has 0 aliphatic carbocycles. The summed E-state index contributed by atoms with van der Waals surface area (Å²) < 4.78 is 0. The van der Waals surface area contributed by atoms with E-state index < -0.39 is 5.41 Å². The van der Waals surface area contributed by atoms with Gasteiger partial charge in [0.15, 0.2) is 0 Å². The molecular formula is C21H28N4O. The van der Waals surface area contributed by atoms with Crippen molar-refractivity contribution in [1.82, 2.24) is 9.88 Å². The van der Waals surface area contributed by atoms with E-state index in [1.54, 1.807) is 6.20 Å². The van der Waals surface area contributed by atoms with Crippen LogP contribution in [0.1, 0.15) is 26.3 Å². The molecular weight excluding hydrogens is 324 g/mol. The highest BCUT2D eigenvalue weighted by Crippen LogP contribution is 2.20. The van der Waals surface area contributed by atoms with Crippen LogP contribution in [-0.2, 0) is 11.3 Å². The van der Waals surface area contributed by atoms with E-state index in [0.29, 0.717) is 0 Å². The summed E-state index contributed by atoms with van der Waals surface area (Å²) in [4.78, 5) is 21.4. The molecule has 1 aromatic carbocycles. The Labute approximate surface area is 156 Å². The van der Waals surface area contributed by atoms with Crippen molar-refractivity contribution in [2.45, 2.75) is 27.3 Å². The van der Waals surface area contributed by atoms with E-state index in [1.807, 2.05) is 32.9 Å². The largest absolute Gasteiger partial charge is 0.354 e. The van der Waals surface area contributed by atoms with Crippen molar-refractivity contribution in [3.63, 3.8) is 0 Å². The van der Waals surface area contributed by atoms with Gasteiger partial charge >= 0.3 is 0 Å². The first kappa shape index (κ1) is 18.4. The highest BCUT2D eigenvalue weighted by molar-refractivity contribution is 5.94. The lowest BCUT2D eigenvalue weighted by Gasteiger charge is -2.35. The van der Waals surface area contributed by atoms with Gasteiger partial charge in [-0.25, -0.2) is 4.98 Å². The number of nitrogens with one attached hydrogen (secondary N) is 1. The molecule has 0 spiro atoms. The molecule has 5 nitrogen and oxygen atoms in total. The molecule has 1 aliphatic rings. The average molecular weight is 352 g/mol. The number of hydrogen-bond donors (Lipinski definition) is 1. The molecule has 1 aliphatic heterocycles. The minimum absolute atomic E-state index is 0.00146. The Morgan fingerprint density at radius 3 is 2.31 bits per heavy atom. The molecule has 138 valence electrons. The van der Waals surface area contributed by atoms with Crippen LogP contribution in [0.4, 0.5) is 11.5 Å². The van der Waals surface area contributed by atoms with E-state index in [0.717, 1.165) is 44.2 Å². The van der Waals surface area contributed by atoms with Crippen LogP contribution < -0.4 is 10.2 Å². The zero-order chi connectivity index (χ0) is 18.6. The van der Waals surface area contributed by atoms with Gasteiger partial charge in [0, 0.05) is 38.1 Å². The second-order valence-electron chi connectivity index (χ2n) is 7.86. The molecule has 26 heavy (non-hydrogen) atoms. The van der Waals surface area contributed by atoms with E-state index in [4.69, 9.17) is 0 Å². The highest BCUT2D eigenvalue weighted by atomic mass is 16.2. The van der Waals surface area contributed by atoms with Crippen molar-refractivity contribution in [2.75, 3.05) is 36.4 Å². The summed E-state index contributed by atoms with van der Waals surface area (Å²) >= 11 is 0. The topological polar surface area (TPSA) is 48.5 Å². The smallest absolute Gasteiger partial charge is 0.229 e. The number of nitrogens with zero attached hydrogens (tertiary/aromatic N) is 3. The first-order chi connectivity index (χ1) is 12.4. The monoisotopic (exact) mass is 352 g/mol. The summed E-state index contributed by atoms with van der Waals surface area (Å²) in [7, 11) is 0. The first-order valence-corrected chi connectivity index (χ1v) is 9.20. The second kappa shape index (κ2) is 7.87. The van der Waals surface area contributed by atoms with Crippen LogP contribution in [0.3, 0.4) is 0 Å². The van der Waals surface area contributed by atoms with Crippen molar-refractivity contribution in [2.24, 2.45) is 5.41 Å². The zero-order valence-corrected chi connectivity index (χ0v) is 15.9. The van der Waals surface area contributed by atoms with Crippen molar-refractivity contribution in [1.29, 1.82) is 0 Å². The van der Waals surface area contributed by atoms with Gasteiger partial charge < -0.3 is 10.2 Å². The average Bonchev–Trinajstić information content (AvgIpc) is 2.63. The van der Waals surface area contributed by atoms with Crippen molar-refractivity contribution in [3.8, 4) is 0 Å². The van der Waals surface area contributed by atoms with E-state index in [9.17, 15) is 4.79 Å². The predicted octanol–water partition coefficient (Wildman–Crippen LogP) is 3.39. The SMILES string of the molecule is CC(C)(C)C(=O)Nc1ccc(N2CCN(Cc3ccccc3)CC2)nc1. The van der Waals surface area contributed by atoms with Crippen LogP contribution >= 0.6 is 0 Å². The van der Waals surface area contributed by atoms with Gasteiger partial charge in [-0.05, 0) is 17.7 Å². The van der Waals surface area contributed by atoms with Crippen LogP contribution in [0.25, 0.3) is 0 Å². The van der Waals surface area contributed by atoms with Gasteiger partial charge in [0.25, 0.3) is 0 Å². The fourth-order valence-electron chi connectivity index (χ4n) is 2.94. The number of anilines is 2. The quantitative estimate of drug-likeness (QED) is 0.916. The maximum Gasteiger partial charge on any atom is 0.229 e. The van der Waals surface area contributed by atoms with Gasteiger partial charge in [0.05, 0.1) is 11.9 Å². The molecule has 0 bridgehead atoms. The number of piperazine rings is 1. The molecule has 1 aromatic heterocycles. The molecule has 0 radical (unpaired) electrons. The summed E-state index contributed by atoms with van der Waals surface area (Å²) in [5, 5.41) is 2.92. The van der Waals surface area contributed by atoms with Gasteiger partial charge in [-0.15, -0.1) is 0 Å². The molecule has 5 heteroatoms. The third kappa shape index (κ3) is 4.82. The van der Waals surface area contributed by atoms with E-state index in [2.05, 4.69) is 50.4 Å². The van der Waals surface area contributed by atoms with E-state index in [1.165, 1.54) is 5.56 Å². The molecule has 1 N–H and O–H groups in total. The van der Waals surface area contributed by atoms with Crippen LogP contribution in [0.2, 0.25) is 0 Å². The number of rotatable bonds is 4. The Balaban J connectivity index is 1.52. The van der Waals surface area contributed by atoms with E-state index >= 15 is 0 Å². The second-order valence-corrected chi connectivity index (χ2v) is 7.86. The molecule has 3 rings (SSSR count). The Kier molecular flexibility index (Phi) is 5.57. The third-order valence-corrected chi connectivity index (χ3v) is 4.63. The van der Waals surface area contributed by atoms with Crippen molar-refractivity contribution in [3.05, 3.63) is 54.2 Å². The maximum atomic E-state index is 12.1. The molecule has 0 saturated carbocycles. The van der Waals surface area contributed by atoms with E-state index in [-0.39, 0.29) is 5.91 Å². The number of pyridine rings is 1. The van der Waals surface area contributed by atoms with Crippen LogP contribution in [0, 0.1) is 5.41 Å². The number of aromatic nitrogens is 1. The molecule has 0 unspecified atom stereocenters. The minimum Gasteiger partial charge on any atom is -0.354 e. The van der Waals surface area contributed by atoms with Crippen LogP contribution in [-0.4, -0.2) is 42.0 Å². The molecule has 1 saturated heterocycles. The number of benzene rings is 1. The summed E-state index contributed by atoms with van der Waals surface area (Å²) in [6.45, 7) is 10.7. The number of amides is 1. The lowest BCUT2D eigenvalue weighted by Crippen LogP contribution is -2.46. The summed E-state index contributed by atoms with van der Waals surface area (Å²) in [5.74, 6) is 0.972. The minimum atomic E-state index is -0.409. The third-order valence-electron chi connectivity index (χ3n) is 4.63. The number of carbonyl (C=O) groups excluding carboxylic acids is 1. The fraction of sp³-hybridized carbons (Fsp3) is 0.429. The Morgan fingerprint density at radius 1 is 1.04 bits per heavy atom. The maximum absolute atomic E-state index is 12.1. The zero-order valence-electron chi connectivity index (χ0n) is 15.9. The molecule has 1 amide bonds. The fourth-order valence-corrected chi connectivity index (χ4v) is 2.94. The standard InChI is InChI=1S/C21H28N4O/c1-21(2,3)20(26)23-18-9-10-19(22-15-18)25-13-11-24(12-14-25)16-17-7-5-4-6-8-17/h4-10,15H,11-14,16H2,1-3H3,(H,23,26). The van der Waals surface area contributed by atoms with Crippen molar-refractivity contribution >= 4 is 17.4 Å². The molecule has 0 atom stereocenters. The number of carbonyl (C=O) groups is 1. The Bertz CT molecular complexity index is 714. The molecule has 2 heterocycles. The number of hydrogen-bond acceptors (Lipinski definition) is 4. The molecule has 2 aromatic rings. The summed E-state index contributed by atoms with van der Waals surface area (Å²) in [6, 6.07) is 14.5. The lowest BCUT2D eigenvalue weighted by atomic mass is 9.96. The van der Waals surface area contributed by atoms with Gasteiger partial charge in [0.2, 0.25) is 5.91 Å². The molecule has 1 fully saturated rings. The van der Waals surface area contributed by atoms with Crippen LogP contribution in [0.15, 0.2) is 48.7 Å². The summed E-state index contributed by atoms with van der Waals surface area (Å²) in [6.07, 6.45) is 1.75. The van der Waals surface area contributed by atoms with Gasteiger partial charge in [0.1, 0.15) is 5.82 Å². The van der Waals surface area contributed by atoms with Gasteiger partial charge in [-0.3, -0.25) is 9.69 Å². The first-order valence-electron chi connectivity index (χ1n) is 9.20. The highest BCUT2D eigenvalue weighted by Gasteiger charge is 2.22. The Hall–Kier alpha value is -2.40.